The summed E-state index contributed by atoms with van der Waals surface area (Å²) >= 11 is 0. The summed E-state index contributed by atoms with van der Waals surface area (Å²) in [5, 5.41) is 24.9. The Hall–Kier alpha value is -2.88. The summed E-state index contributed by atoms with van der Waals surface area (Å²) in [6.45, 7) is 4.54. The van der Waals surface area contributed by atoms with Crippen molar-refractivity contribution >= 4 is 11.8 Å². The number of anilines is 1. The fourth-order valence-corrected chi connectivity index (χ4v) is 3.57. The summed E-state index contributed by atoms with van der Waals surface area (Å²) in [6.07, 6.45) is -2.56. The molecule has 1 fully saturated rings. The molecule has 0 bridgehead atoms. The first-order valence-electron chi connectivity index (χ1n) is 10.1. The molecular formula is C21H25F3N4O3. The van der Waals surface area contributed by atoms with E-state index >= 15 is 0 Å². The Balaban J connectivity index is 1.63. The molecule has 2 heterocycles. The van der Waals surface area contributed by atoms with E-state index < -0.39 is 17.5 Å². The van der Waals surface area contributed by atoms with Crippen molar-refractivity contribution in [3.8, 4) is 17.0 Å². The molecule has 0 spiro atoms. The first kappa shape index (κ1) is 22.8. The van der Waals surface area contributed by atoms with Gasteiger partial charge in [0, 0.05) is 24.2 Å². The summed E-state index contributed by atoms with van der Waals surface area (Å²) in [4.78, 5) is 11.6. The Bertz CT molecular complexity index is 929. The minimum absolute atomic E-state index is 0.0786. The first-order chi connectivity index (χ1) is 14.7. The number of phenols is 1. The molecule has 7 nitrogen and oxygen atoms in total. The third-order valence-corrected chi connectivity index (χ3v) is 5.15. The minimum Gasteiger partial charge on any atom is -0.507 e. The lowest BCUT2D eigenvalue weighted by Crippen LogP contribution is -2.45. The standard InChI is InChI=1S/C21H25F3N4O3/c1-3-31-19(30)10-14-5-6-15(11-25-14)26-18-8-12(2)20(28-27-18)16-7-4-13(9-17(16)29)21(22,23)24/h4,7-9,14-15,25,29H,3,5-6,10-11H2,1-2H3,(H,26,27)/t14-,15-/m1/s1. The van der Waals surface area contributed by atoms with E-state index in [0.29, 0.717) is 42.7 Å². The molecule has 2 atom stereocenters. The van der Waals surface area contributed by atoms with Gasteiger partial charge < -0.3 is 20.5 Å². The second-order valence-electron chi connectivity index (χ2n) is 7.52. The molecule has 168 valence electrons. The van der Waals surface area contributed by atoms with Crippen LogP contribution in [0.3, 0.4) is 0 Å². The molecule has 0 saturated carbocycles. The molecule has 0 aliphatic carbocycles. The molecule has 3 rings (SSSR count). The SMILES string of the molecule is CCOC(=O)C[C@H]1CC[C@@H](Nc2cc(C)c(-c3ccc(C(F)(F)F)cc3O)nn2)CN1. The predicted octanol–water partition coefficient (Wildman–Crippen LogP) is 3.66. The number of hydrogen-bond acceptors (Lipinski definition) is 7. The number of rotatable bonds is 6. The maximum Gasteiger partial charge on any atom is 0.416 e. The van der Waals surface area contributed by atoms with Crippen molar-refractivity contribution in [1.82, 2.24) is 15.5 Å². The fraction of sp³-hybridized carbons (Fsp3) is 0.476. The maximum atomic E-state index is 12.8. The van der Waals surface area contributed by atoms with Gasteiger partial charge in [0.05, 0.1) is 24.3 Å². The van der Waals surface area contributed by atoms with Crippen molar-refractivity contribution in [2.45, 2.75) is 51.4 Å². The van der Waals surface area contributed by atoms with E-state index in [1.165, 1.54) is 6.07 Å². The summed E-state index contributed by atoms with van der Waals surface area (Å²) in [6, 6.07) is 4.69. The molecule has 0 unspecified atom stereocenters. The quantitative estimate of drug-likeness (QED) is 0.593. The number of nitrogens with one attached hydrogen (secondary N) is 2. The highest BCUT2D eigenvalue weighted by Crippen LogP contribution is 2.36. The van der Waals surface area contributed by atoms with Crippen LogP contribution in [-0.4, -0.2) is 46.5 Å². The number of ether oxygens (including phenoxy) is 1. The van der Waals surface area contributed by atoms with E-state index in [9.17, 15) is 23.1 Å². The van der Waals surface area contributed by atoms with Crippen molar-refractivity contribution in [3.05, 3.63) is 35.4 Å². The van der Waals surface area contributed by atoms with Gasteiger partial charge in [-0.15, -0.1) is 10.2 Å². The molecule has 31 heavy (non-hydrogen) atoms. The molecule has 3 N–H and O–H groups in total. The van der Waals surface area contributed by atoms with Crippen LogP contribution in [0, 0.1) is 6.92 Å². The zero-order valence-corrected chi connectivity index (χ0v) is 17.3. The molecule has 2 aromatic rings. The van der Waals surface area contributed by atoms with Gasteiger partial charge in [0.25, 0.3) is 0 Å². The number of halogens is 3. The predicted molar refractivity (Wildman–Crippen MR) is 109 cm³/mol. The highest BCUT2D eigenvalue weighted by molar-refractivity contribution is 5.71. The number of carbonyl (C=O) groups excluding carboxylic acids is 1. The number of piperidine rings is 1. The number of phenolic OH excluding ortho intramolecular Hbond substituents is 1. The van der Waals surface area contributed by atoms with Crippen LogP contribution in [0.5, 0.6) is 5.75 Å². The van der Waals surface area contributed by atoms with Crippen LogP contribution in [0.25, 0.3) is 11.3 Å². The van der Waals surface area contributed by atoms with Crippen molar-refractivity contribution in [1.29, 1.82) is 0 Å². The molecule has 0 radical (unpaired) electrons. The average Bonchev–Trinajstić information content (AvgIpc) is 2.69. The van der Waals surface area contributed by atoms with Gasteiger partial charge in [-0.1, -0.05) is 0 Å². The van der Waals surface area contributed by atoms with Gasteiger partial charge >= 0.3 is 12.1 Å². The highest BCUT2D eigenvalue weighted by atomic mass is 19.4. The molecule has 1 aromatic carbocycles. The minimum atomic E-state index is -4.53. The van der Waals surface area contributed by atoms with Crippen LogP contribution in [0.1, 0.15) is 37.3 Å². The highest BCUT2D eigenvalue weighted by Gasteiger charge is 2.31. The van der Waals surface area contributed by atoms with E-state index in [0.717, 1.165) is 18.9 Å². The molecule has 10 heteroatoms. The normalized spacial score (nSPS) is 19.1. The van der Waals surface area contributed by atoms with Crippen LogP contribution >= 0.6 is 0 Å². The zero-order valence-electron chi connectivity index (χ0n) is 17.3. The van der Waals surface area contributed by atoms with Crippen LogP contribution in [0.4, 0.5) is 19.0 Å². The number of nitrogens with zero attached hydrogens (tertiary/aromatic N) is 2. The number of esters is 1. The average molecular weight is 438 g/mol. The largest absolute Gasteiger partial charge is 0.507 e. The molecular weight excluding hydrogens is 413 g/mol. The number of carbonyl (C=O) groups is 1. The molecule has 1 aliphatic rings. The monoisotopic (exact) mass is 438 g/mol. The lowest BCUT2D eigenvalue weighted by atomic mass is 9.98. The number of aromatic nitrogens is 2. The van der Waals surface area contributed by atoms with Crippen molar-refractivity contribution < 1.29 is 27.8 Å². The fourth-order valence-electron chi connectivity index (χ4n) is 3.57. The van der Waals surface area contributed by atoms with Gasteiger partial charge in [-0.05, 0) is 56.5 Å². The van der Waals surface area contributed by atoms with Crippen molar-refractivity contribution in [2.24, 2.45) is 0 Å². The summed E-state index contributed by atoms with van der Waals surface area (Å²) in [5.74, 6) is -0.185. The van der Waals surface area contributed by atoms with Crippen LogP contribution in [-0.2, 0) is 15.7 Å². The van der Waals surface area contributed by atoms with E-state index in [2.05, 4.69) is 20.8 Å². The summed E-state index contributed by atoms with van der Waals surface area (Å²) in [5.41, 5.74) is 0.235. The third-order valence-electron chi connectivity index (χ3n) is 5.15. The van der Waals surface area contributed by atoms with Gasteiger partial charge in [-0.2, -0.15) is 13.2 Å². The van der Waals surface area contributed by atoms with Gasteiger partial charge in [0.15, 0.2) is 0 Å². The zero-order chi connectivity index (χ0) is 22.6. The summed E-state index contributed by atoms with van der Waals surface area (Å²) < 4.78 is 43.4. The van der Waals surface area contributed by atoms with Gasteiger partial charge in [-0.3, -0.25) is 4.79 Å². The number of aryl methyl sites for hydroxylation is 1. The Kier molecular flexibility index (Phi) is 6.99. The number of hydrogen-bond donors (Lipinski definition) is 3. The van der Waals surface area contributed by atoms with Crippen LogP contribution in [0.15, 0.2) is 24.3 Å². The van der Waals surface area contributed by atoms with Gasteiger partial charge in [0.2, 0.25) is 0 Å². The lowest BCUT2D eigenvalue weighted by Gasteiger charge is -2.30. The van der Waals surface area contributed by atoms with E-state index in [4.69, 9.17) is 4.74 Å². The maximum absolute atomic E-state index is 12.8. The Morgan fingerprint density at radius 1 is 1.29 bits per heavy atom. The number of alkyl halides is 3. The van der Waals surface area contributed by atoms with Crippen LogP contribution < -0.4 is 10.6 Å². The smallest absolute Gasteiger partial charge is 0.416 e. The number of aromatic hydroxyl groups is 1. The third kappa shape index (κ3) is 5.84. The second-order valence-corrected chi connectivity index (χ2v) is 7.52. The summed E-state index contributed by atoms with van der Waals surface area (Å²) in [7, 11) is 0. The number of benzene rings is 1. The first-order valence-corrected chi connectivity index (χ1v) is 10.1. The van der Waals surface area contributed by atoms with E-state index in [1.54, 1.807) is 19.9 Å². The topological polar surface area (TPSA) is 96.4 Å². The molecule has 1 aliphatic heterocycles. The van der Waals surface area contributed by atoms with Crippen molar-refractivity contribution in [2.75, 3.05) is 18.5 Å². The Labute approximate surface area is 178 Å². The van der Waals surface area contributed by atoms with E-state index in [1.807, 2.05) is 0 Å². The van der Waals surface area contributed by atoms with Crippen LogP contribution in [0.2, 0.25) is 0 Å². The van der Waals surface area contributed by atoms with Crippen molar-refractivity contribution in [3.63, 3.8) is 0 Å². The Morgan fingerprint density at radius 3 is 2.65 bits per heavy atom. The lowest BCUT2D eigenvalue weighted by molar-refractivity contribution is -0.143. The second kappa shape index (κ2) is 9.51. The molecule has 1 saturated heterocycles. The Morgan fingerprint density at radius 2 is 2.06 bits per heavy atom. The van der Waals surface area contributed by atoms with Gasteiger partial charge in [-0.25, -0.2) is 0 Å². The molecule has 0 amide bonds. The molecule has 1 aromatic heterocycles. The van der Waals surface area contributed by atoms with Gasteiger partial charge in [0.1, 0.15) is 11.6 Å². The van der Waals surface area contributed by atoms with E-state index in [-0.39, 0.29) is 23.6 Å².